The Morgan fingerprint density at radius 2 is 2.17 bits per heavy atom. The first kappa shape index (κ1) is 9.16. The fourth-order valence-electron chi connectivity index (χ4n) is 0.898. The fourth-order valence-corrected chi connectivity index (χ4v) is 1.07. The van der Waals surface area contributed by atoms with E-state index < -0.39 is 0 Å². The number of benzene rings is 1. The van der Waals surface area contributed by atoms with E-state index in [2.05, 4.69) is 5.32 Å². The fraction of sp³-hybridized carbons (Fsp3) is 0.250. The lowest BCUT2D eigenvalue weighted by Gasteiger charge is -2.08. The summed E-state index contributed by atoms with van der Waals surface area (Å²) in [5, 5.41) is 3.64. The minimum absolute atomic E-state index is 0.567. The van der Waals surface area contributed by atoms with E-state index in [0.717, 1.165) is 5.69 Å². The van der Waals surface area contributed by atoms with Gasteiger partial charge in [-0.1, -0.05) is 17.7 Å². The molecule has 0 aliphatic rings. The standard InChI is InChI=1S/C8H12ClN3/c9-6-2-1-3-7(8(6)11)12-5-4-10/h1-3,12H,4-5,10-11H2. The lowest BCUT2D eigenvalue weighted by molar-refractivity contribution is 1.03. The largest absolute Gasteiger partial charge is 0.396 e. The van der Waals surface area contributed by atoms with Crippen molar-refractivity contribution in [3.8, 4) is 0 Å². The van der Waals surface area contributed by atoms with E-state index in [-0.39, 0.29) is 0 Å². The first-order valence-corrected chi connectivity index (χ1v) is 4.11. The Hall–Kier alpha value is -0.930. The molecule has 0 atom stereocenters. The Labute approximate surface area is 76.7 Å². The number of anilines is 2. The molecule has 0 fully saturated rings. The number of para-hydroxylation sites is 1. The number of halogens is 1. The number of nitrogens with one attached hydrogen (secondary N) is 1. The van der Waals surface area contributed by atoms with Gasteiger partial charge in [0.05, 0.1) is 16.4 Å². The third-order valence-electron chi connectivity index (χ3n) is 1.51. The molecule has 0 amide bonds. The second kappa shape index (κ2) is 4.18. The van der Waals surface area contributed by atoms with Crippen LogP contribution in [0.4, 0.5) is 11.4 Å². The van der Waals surface area contributed by atoms with E-state index in [1.165, 1.54) is 0 Å². The summed E-state index contributed by atoms with van der Waals surface area (Å²) in [5.41, 5.74) is 12.4. The van der Waals surface area contributed by atoms with Gasteiger partial charge >= 0.3 is 0 Å². The molecule has 0 bridgehead atoms. The first-order valence-electron chi connectivity index (χ1n) is 3.73. The second-order valence-corrected chi connectivity index (χ2v) is 2.82. The van der Waals surface area contributed by atoms with Crippen LogP contribution in [0.3, 0.4) is 0 Å². The zero-order valence-electron chi connectivity index (χ0n) is 6.68. The molecule has 0 saturated carbocycles. The summed E-state index contributed by atoms with van der Waals surface area (Å²) in [4.78, 5) is 0. The molecule has 0 spiro atoms. The molecule has 66 valence electrons. The molecular weight excluding hydrogens is 174 g/mol. The van der Waals surface area contributed by atoms with Crippen LogP contribution in [0.15, 0.2) is 18.2 Å². The molecule has 1 aromatic rings. The molecule has 0 aliphatic heterocycles. The van der Waals surface area contributed by atoms with Crippen LogP contribution in [-0.2, 0) is 0 Å². The monoisotopic (exact) mass is 185 g/mol. The van der Waals surface area contributed by atoms with E-state index in [0.29, 0.717) is 23.8 Å². The maximum absolute atomic E-state index is 5.80. The second-order valence-electron chi connectivity index (χ2n) is 2.42. The van der Waals surface area contributed by atoms with E-state index in [9.17, 15) is 0 Å². The summed E-state index contributed by atoms with van der Waals surface area (Å²) in [7, 11) is 0. The van der Waals surface area contributed by atoms with Crippen molar-refractivity contribution in [2.75, 3.05) is 24.1 Å². The van der Waals surface area contributed by atoms with E-state index in [1.807, 2.05) is 12.1 Å². The molecule has 0 radical (unpaired) electrons. The first-order chi connectivity index (χ1) is 5.75. The number of nitrogen functional groups attached to an aromatic ring is 1. The van der Waals surface area contributed by atoms with Gasteiger partial charge in [0, 0.05) is 13.1 Å². The lowest BCUT2D eigenvalue weighted by Crippen LogP contribution is -2.13. The van der Waals surface area contributed by atoms with Gasteiger partial charge in [-0.2, -0.15) is 0 Å². The van der Waals surface area contributed by atoms with Gasteiger partial charge < -0.3 is 16.8 Å². The maximum Gasteiger partial charge on any atom is 0.0739 e. The summed E-state index contributed by atoms with van der Waals surface area (Å²) >= 11 is 5.80. The summed E-state index contributed by atoms with van der Waals surface area (Å²) in [6.07, 6.45) is 0. The molecule has 0 heterocycles. The summed E-state index contributed by atoms with van der Waals surface area (Å²) < 4.78 is 0. The van der Waals surface area contributed by atoms with Gasteiger partial charge in [0.15, 0.2) is 0 Å². The van der Waals surface area contributed by atoms with Crippen molar-refractivity contribution < 1.29 is 0 Å². The smallest absolute Gasteiger partial charge is 0.0739 e. The maximum atomic E-state index is 5.80. The highest BCUT2D eigenvalue weighted by Gasteiger charge is 2.00. The van der Waals surface area contributed by atoms with Crippen LogP contribution in [0.1, 0.15) is 0 Å². The molecular formula is C8H12ClN3. The van der Waals surface area contributed by atoms with Crippen LogP contribution in [0, 0.1) is 0 Å². The van der Waals surface area contributed by atoms with Gasteiger partial charge in [-0.05, 0) is 12.1 Å². The van der Waals surface area contributed by atoms with Crippen LogP contribution >= 0.6 is 11.6 Å². The van der Waals surface area contributed by atoms with Crippen molar-refractivity contribution >= 4 is 23.0 Å². The zero-order valence-corrected chi connectivity index (χ0v) is 7.43. The van der Waals surface area contributed by atoms with E-state index in [1.54, 1.807) is 6.07 Å². The molecule has 1 aromatic carbocycles. The van der Waals surface area contributed by atoms with Crippen molar-refractivity contribution in [2.24, 2.45) is 5.73 Å². The number of nitrogens with two attached hydrogens (primary N) is 2. The highest BCUT2D eigenvalue weighted by molar-refractivity contribution is 6.33. The number of hydrogen-bond donors (Lipinski definition) is 3. The topological polar surface area (TPSA) is 64.1 Å². The van der Waals surface area contributed by atoms with Crippen molar-refractivity contribution in [2.45, 2.75) is 0 Å². The normalized spacial score (nSPS) is 9.83. The average Bonchev–Trinajstić information content (AvgIpc) is 2.08. The zero-order chi connectivity index (χ0) is 8.97. The molecule has 0 aliphatic carbocycles. The third-order valence-corrected chi connectivity index (χ3v) is 1.84. The molecule has 0 saturated heterocycles. The van der Waals surface area contributed by atoms with Gasteiger partial charge in [0.2, 0.25) is 0 Å². The van der Waals surface area contributed by atoms with Gasteiger partial charge in [-0.25, -0.2) is 0 Å². The number of hydrogen-bond acceptors (Lipinski definition) is 3. The Kier molecular flexibility index (Phi) is 3.19. The predicted molar refractivity (Wildman–Crippen MR) is 53.4 cm³/mol. The average molecular weight is 186 g/mol. The van der Waals surface area contributed by atoms with Gasteiger partial charge in [-0.3, -0.25) is 0 Å². The Bertz CT molecular complexity index is 262. The molecule has 4 heteroatoms. The Balaban J connectivity index is 2.78. The van der Waals surface area contributed by atoms with Gasteiger partial charge in [-0.15, -0.1) is 0 Å². The van der Waals surface area contributed by atoms with Crippen molar-refractivity contribution in [1.82, 2.24) is 0 Å². The van der Waals surface area contributed by atoms with Gasteiger partial charge in [0.25, 0.3) is 0 Å². The van der Waals surface area contributed by atoms with Crippen LogP contribution in [0.25, 0.3) is 0 Å². The van der Waals surface area contributed by atoms with Crippen molar-refractivity contribution in [3.05, 3.63) is 23.2 Å². The Morgan fingerprint density at radius 1 is 1.42 bits per heavy atom. The number of rotatable bonds is 3. The predicted octanol–water partition coefficient (Wildman–Crippen LogP) is 1.29. The minimum atomic E-state index is 0.567. The summed E-state index contributed by atoms with van der Waals surface area (Å²) in [6.45, 7) is 1.27. The van der Waals surface area contributed by atoms with Gasteiger partial charge in [0.1, 0.15) is 0 Å². The van der Waals surface area contributed by atoms with Crippen LogP contribution in [0.5, 0.6) is 0 Å². The lowest BCUT2D eigenvalue weighted by atomic mass is 10.2. The summed E-state index contributed by atoms with van der Waals surface area (Å²) in [5.74, 6) is 0. The van der Waals surface area contributed by atoms with E-state index >= 15 is 0 Å². The molecule has 1 rings (SSSR count). The third kappa shape index (κ3) is 2.03. The molecule has 3 nitrogen and oxygen atoms in total. The highest BCUT2D eigenvalue weighted by atomic mass is 35.5. The molecule has 5 N–H and O–H groups in total. The van der Waals surface area contributed by atoms with Crippen LogP contribution in [0.2, 0.25) is 5.02 Å². The van der Waals surface area contributed by atoms with E-state index in [4.69, 9.17) is 23.1 Å². The minimum Gasteiger partial charge on any atom is -0.396 e. The molecule has 0 aromatic heterocycles. The van der Waals surface area contributed by atoms with Crippen LogP contribution in [-0.4, -0.2) is 13.1 Å². The van der Waals surface area contributed by atoms with Crippen molar-refractivity contribution in [3.63, 3.8) is 0 Å². The SMILES string of the molecule is NCCNc1cccc(Cl)c1N. The Morgan fingerprint density at radius 3 is 2.83 bits per heavy atom. The summed E-state index contributed by atoms with van der Waals surface area (Å²) in [6, 6.07) is 5.47. The molecule has 12 heavy (non-hydrogen) atoms. The highest BCUT2D eigenvalue weighted by Crippen LogP contribution is 2.26. The quantitative estimate of drug-likeness (QED) is 0.622. The van der Waals surface area contributed by atoms with Crippen molar-refractivity contribution in [1.29, 1.82) is 0 Å². The molecule has 0 unspecified atom stereocenters. The van der Waals surface area contributed by atoms with Crippen LogP contribution < -0.4 is 16.8 Å².